The number of carbonyl (C=O) groups excluding carboxylic acids is 2. The van der Waals surface area contributed by atoms with E-state index in [-0.39, 0.29) is 42.6 Å². The van der Waals surface area contributed by atoms with Crippen molar-refractivity contribution >= 4 is 17.6 Å². The van der Waals surface area contributed by atoms with Gasteiger partial charge in [-0.15, -0.1) is 10.2 Å². The van der Waals surface area contributed by atoms with E-state index in [2.05, 4.69) is 34.7 Å². The lowest BCUT2D eigenvalue weighted by molar-refractivity contribution is -0.142. The number of anilines is 1. The second-order valence-corrected chi connectivity index (χ2v) is 9.30. The van der Waals surface area contributed by atoms with Crippen LogP contribution in [0.4, 0.5) is 10.1 Å². The number of hydrogen-bond donors (Lipinski definition) is 2. The van der Waals surface area contributed by atoms with Gasteiger partial charge in [-0.2, -0.15) is 0 Å². The largest absolute Gasteiger partial charge is 0.466 e. The Hall–Kier alpha value is -4.53. The zero-order valence-electron chi connectivity index (χ0n) is 22.1. The first-order valence-corrected chi connectivity index (χ1v) is 12.8. The molecule has 0 spiro atoms. The highest BCUT2D eigenvalue weighted by molar-refractivity contribution is 5.94. The maximum Gasteiger partial charge on any atom is 0.307 e. The van der Waals surface area contributed by atoms with Crippen LogP contribution in [-0.2, 0) is 9.53 Å². The molecule has 0 aliphatic carbocycles. The minimum Gasteiger partial charge on any atom is -0.466 e. The number of esters is 1. The summed E-state index contributed by atoms with van der Waals surface area (Å²) >= 11 is 0. The fraction of sp³-hybridized carbons (Fsp3) is 0.267. The highest BCUT2D eigenvalue weighted by Crippen LogP contribution is 2.30. The van der Waals surface area contributed by atoms with Crippen molar-refractivity contribution in [2.45, 2.75) is 33.2 Å². The number of nitrogens with zero attached hydrogens (tertiary/aromatic N) is 2. The normalized spacial score (nSPS) is 11.7. The average molecular weight is 531 g/mol. The first kappa shape index (κ1) is 27.5. The van der Waals surface area contributed by atoms with Gasteiger partial charge in [0.05, 0.1) is 19.1 Å². The predicted molar refractivity (Wildman–Crippen MR) is 146 cm³/mol. The maximum atomic E-state index is 13.2. The quantitative estimate of drug-likeness (QED) is 0.228. The van der Waals surface area contributed by atoms with Gasteiger partial charge in [-0.05, 0) is 79.1 Å². The van der Waals surface area contributed by atoms with Gasteiger partial charge in [0.25, 0.3) is 5.91 Å². The Labute approximate surface area is 226 Å². The van der Waals surface area contributed by atoms with E-state index in [9.17, 15) is 14.0 Å². The van der Waals surface area contributed by atoms with Crippen molar-refractivity contribution in [3.63, 3.8) is 0 Å². The molecule has 1 heterocycles. The lowest BCUT2D eigenvalue weighted by Crippen LogP contribution is -2.26. The van der Waals surface area contributed by atoms with Gasteiger partial charge < -0.3 is 19.8 Å². The van der Waals surface area contributed by atoms with Crippen LogP contribution in [0.15, 0.2) is 77.2 Å². The average Bonchev–Trinajstić information content (AvgIpc) is 3.43. The molecule has 1 aromatic heterocycles. The molecule has 0 aliphatic rings. The number of halogens is 1. The maximum absolute atomic E-state index is 13.2. The second-order valence-electron chi connectivity index (χ2n) is 9.30. The summed E-state index contributed by atoms with van der Waals surface area (Å²) in [7, 11) is 0. The van der Waals surface area contributed by atoms with E-state index in [1.54, 1.807) is 31.2 Å². The van der Waals surface area contributed by atoms with E-state index in [1.165, 1.54) is 12.1 Å². The number of carbonyl (C=O) groups is 2. The molecule has 1 amide bonds. The number of aromatic nitrogens is 2. The van der Waals surface area contributed by atoms with Crippen LogP contribution >= 0.6 is 0 Å². The molecule has 8 nitrogen and oxygen atoms in total. The van der Waals surface area contributed by atoms with Crippen LogP contribution in [0, 0.1) is 11.7 Å². The lowest BCUT2D eigenvalue weighted by atomic mass is 9.94. The van der Waals surface area contributed by atoms with Crippen LogP contribution in [0.25, 0.3) is 22.9 Å². The van der Waals surface area contributed by atoms with Crippen molar-refractivity contribution in [3.8, 4) is 22.9 Å². The Bertz CT molecular complexity index is 1380. The van der Waals surface area contributed by atoms with E-state index in [0.717, 1.165) is 16.8 Å². The van der Waals surface area contributed by atoms with E-state index < -0.39 is 0 Å². The van der Waals surface area contributed by atoms with Crippen molar-refractivity contribution in [2.24, 2.45) is 5.92 Å². The summed E-state index contributed by atoms with van der Waals surface area (Å²) in [6, 6.07) is 21.0. The molecule has 9 heteroatoms. The number of hydrogen-bond acceptors (Lipinski definition) is 7. The molecule has 4 aromatic rings. The van der Waals surface area contributed by atoms with Crippen molar-refractivity contribution < 1.29 is 23.1 Å². The summed E-state index contributed by atoms with van der Waals surface area (Å²) in [6.07, 6.45) is 0.135. The molecular weight excluding hydrogens is 499 g/mol. The van der Waals surface area contributed by atoms with Crippen LogP contribution < -0.4 is 10.6 Å². The molecule has 0 aliphatic heterocycles. The van der Waals surface area contributed by atoms with E-state index in [0.29, 0.717) is 29.5 Å². The predicted octanol–water partition coefficient (Wildman–Crippen LogP) is 6.03. The smallest absolute Gasteiger partial charge is 0.307 e. The summed E-state index contributed by atoms with van der Waals surface area (Å²) in [6.45, 7) is 6.54. The van der Waals surface area contributed by atoms with Crippen LogP contribution in [0.1, 0.15) is 49.2 Å². The van der Waals surface area contributed by atoms with Gasteiger partial charge >= 0.3 is 5.97 Å². The SMILES string of the molecule is CCOC(=O)CCNC(=O)c1ccc(NC(c2ccc(-c3nnc(-c4ccc(F)cc4)o3)cc2)C(C)C)cc1. The van der Waals surface area contributed by atoms with Gasteiger partial charge in [0.1, 0.15) is 5.82 Å². The first-order valence-electron chi connectivity index (χ1n) is 12.8. The Morgan fingerprint density at radius 1 is 0.897 bits per heavy atom. The van der Waals surface area contributed by atoms with Crippen LogP contribution in [0.2, 0.25) is 0 Å². The molecule has 0 saturated carbocycles. The highest BCUT2D eigenvalue weighted by atomic mass is 19.1. The molecule has 1 atom stereocenters. The summed E-state index contributed by atoms with van der Waals surface area (Å²) in [5.74, 6) is 0.0715. The summed E-state index contributed by atoms with van der Waals surface area (Å²) < 4.78 is 23.9. The lowest BCUT2D eigenvalue weighted by Gasteiger charge is -2.24. The fourth-order valence-corrected chi connectivity index (χ4v) is 4.03. The van der Waals surface area contributed by atoms with Crippen molar-refractivity contribution in [2.75, 3.05) is 18.5 Å². The molecule has 39 heavy (non-hydrogen) atoms. The number of nitrogens with one attached hydrogen (secondary N) is 2. The monoisotopic (exact) mass is 530 g/mol. The van der Waals surface area contributed by atoms with Gasteiger partial charge in [0.2, 0.25) is 11.8 Å². The molecule has 0 radical (unpaired) electrons. The second kappa shape index (κ2) is 12.8. The summed E-state index contributed by atoms with van der Waals surface area (Å²) in [5, 5.41) is 14.5. The minimum atomic E-state index is -0.336. The van der Waals surface area contributed by atoms with Gasteiger partial charge in [-0.3, -0.25) is 9.59 Å². The Balaban J connectivity index is 1.39. The number of benzene rings is 3. The summed E-state index contributed by atoms with van der Waals surface area (Å²) in [5.41, 5.74) is 3.89. The Kier molecular flexibility index (Phi) is 9.04. The third kappa shape index (κ3) is 7.28. The van der Waals surface area contributed by atoms with Crippen molar-refractivity contribution in [1.29, 1.82) is 0 Å². The molecule has 2 N–H and O–H groups in total. The zero-order chi connectivity index (χ0) is 27.8. The molecule has 1 unspecified atom stereocenters. The highest BCUT2D eigenvalue weighted by Gasteiger charge is 2.18. The molecule has 0 fully saturated rings. The number of rotatable bonds is 11. The van der Waals surface area contributed by atoms with Crippen LogP contribution in [-0.4, -0.2) is 35.2 Å². The van der Waals surface area contributed by atoms with E-state index in [4.69, 9.17) is 9.15 Å². The third-order valence-corrected chi connectivity index (χ3v) is 6.09. The minimum absolute atomic E-state index is 0.0146. The van der Waals surface area contributed by atoms with Gasteiger partial charge in [-0.1, -0.05) is 26.0 Å². The molecule has 0 saturated heterocycles. The topological polar surface area (TPSA) is 106 Å². The van der Waals surface area contributed by atoms with Crippen molar-refractivity contribution in [3.05, 3.63) is 89.7 Å². The zero-order valence-corrected chi connectivity index (χ0v) is 22.1. The van der Waals surface area contributed by atoms with Gasteiger partial charge in [-0.25, -0.2) is 4.39 Å². The molecule has 4 rings (SSSR count). The van der Waals surface area contributed by atoms with Gasteiger partial charge in [0.15, 0.2) is 0 Å². The van der Waals surface area contributed by atoms with Crippen molar-refractivity contribution in [1.82, 2.24) is 15.5 Å². The third-order valence-electron chi connectivity index (χ3n) is 6.09. The van der Waals surface area contributed by atoms with E-state index >= 15 is 0 Å². The van der Waals surface area contributed by atoms with Gasteiger partial charge in [0, 0.05) is 28.9 Å². The molecular formula is C30H31FN4O4. The molecule has 0 bridgehead atoms. The van der Waals surface area contributed by atoms with Crippen LogP contribution in [0.5, 0.6) is 0 Å². The summed E-state index contributed by atoms with van der Waals surface area (Å²) in [4.78, 5) is 23.8. The Morgan fingerprint density at radius 2 is 1.49 bits per heavy atom. The number of ether oxygens (including phenoxy) is 1. The molecule has 3 aromatic carbocycles. The number of amides is 1. The van der Waals surface area contributed by atoms with E-state index in [1.807, 2.05) is 36.4 Å². The molecule has 202 valence electrons. The fourth-order valence-electron chi connectivity index (χ4n) is 4.03. The van der Waals surface area contributed by atoms with Crippen LogP contribution in [0.3, 0.4) is 0 Å². The first-order chi connectivity index (χ1) is 18.8. The Morgan fingerprint density at radius 3 is 2.05 bits per heavy atom. The standard InChI is InChI=1S/C30H31FN4O4/c1-4-38-26(36)17-18-32-28(37)21-11-15-25(16-12-21)33-27(19(2)3)20-5-7-22(8-6-20)29-34-35-30(39-29)23-9-13-24(31)14-10-23/h5-16,19,27,33H,4,17-18H2,1-3H3,(H,32,37).